The average Bonchev–Trinajstić information content (AvgIpc) is 2.79. The van der Waals surface area contributed by atoms with E-state index in [-0.39, 0.29) is 5.92 Å². The van der Waals surface area contributed by atoms with Gasteiger partial charge >= 0.3 is 0 Å². The van der Waals surface area contributed by atoms with Crippen LogP contribution in [0.4, 0.5) is 0 Å². The average molecular weight is 232 g/mol. The number of aromatic nitrogens is 3. The molecule has 2 N–H and O–H groups in total. The van der Waals surface area contributed by atoms with Gasteiger partial charge in [-0.25, -0.2) is 0 Å². The van der Waals surface area contributed by atoms with Gasteiger partial charge in [-0.2, -0.15) is 4.98 Å². The lowest BCUT2D eigenvalue weighted by Crippen LogP contribution is -2.04. The van der Waals surface area contributed by atoms with Gasteiger partial charge in [0.2, 0.25) is 11.7 Å². The second-order valence-electron chi connectivity index (χ2n) is 4.13. The summed E-state index contributed by atoms with van der Waals surface area (Å²) in [7, 11) is 0. The highest BCUT2D eigenvalue weighted by atomic mass is 16.5. The maximum absolute atomic E-state index is 5.51. The molecule has 2 aromatic rings. The van der Waals surface area contributed by atoms with E-state index in [1.165, 1.54) is 0 Å². The molecule has 1 atom stereocenters. The molecule has 0 radical (unpaired) electrons. The van der Waals surface area contributed by atoms with E-state index in [4.69, 9.17) is 10.3 Å². The number of rotatable bonds is 4. The Kier molecular flexibility index (Phi) is 3.49. The van der Waals surface area contributed by atoms with Crippen LogP contribution in [0.5, 0.6) is 0 Å². The molecule has 0 bridgehead atoms. The third-order valence-electron chi connectivity index (χ3n) is 2.72. The molecule has 1 unspecified atom stereocenters. The van der Waals surface area contributed by atoms with Gasteiger partial charge < -0.3 is 10.3 Å². The Balaban J connectivity index is 2.27. The normalized spacial score (nSPS) is 12.6. The predicted octanol–water partition coefficient (Wildman–Crippen LogP) is 1.89. The van der Waals surface area contributed by atoms with Crippen LogP contribution in [-0.2, 0) is 0 Å². The zero-order chi connectivity index (χ0) is 12.3. The molecule has 0 saturated carbocycles. The highest BCUT2D eigenvalue weighted by Crippen LogP contribution is 2.22. The molecular weight excluding hydrogens is 216 g/mol. The zero-order valence-electron chi connectivity index (χ0n) is 10.1. The fraction of sp³-hybridized carbons (Fsp3) is 0.417. The molecule has 0 spiro atoms. The van der Waals surface area contributed by atoms with Gasteiger partial charge in [0.15, 0.2) is 0 Å². The third-order valence-corrected chi connectivity index (χ3v) is 2.72. The highest BCUT2D eigenvalue weighted by Gasteiger charge is 2.15. The van der Waals surface area contributed by atoms with E-state index in [2.05, 4.69) is 15.1 Å². The summed E-state index contributed by atoms with van der Waals surface area (Å²) in [6.45, 7) is 4.62. The van der Waals surface area contributed by atoms with Gasteiger partial charge in [-0.15, -0.1) is 0 Å². The Morgan fingerprint density at radius 1 is 1.47 bits per heavy atom. The summed E-state index contributed by atoms with van der Waals surface area (Å²) in [4.78, 5) is 8.44. The maximum atomic E-state index is 5.51. The van der Waals surface area contributed by atoms with Gasteiger partial charge in [0.1, 0.15) is 0 Å². The van der Waals surface area contributed by atoms with Crippen molar-refractivity contribution in [2.45, 2.75) is 26.2 Å². The van der Waals surface area contributed by atoms with Gasteiger partial charge in [0.05, 0.1) is 0 Å². The van der Waals surface area contributed by atoms with Crippen molar-refractivity contribution in [1.82, 2.24) is 15.1 Å². The summed E-state index contributed by atoms with van der Waals surface area (Å²) in [5.74, 6) is 1.45. The summed E-state index contributed by atoms with van der Waals surface area (Å²) < 4.78 is 5.25. The van der Waals surface area contributed by atoms with Crippen LogP contribution in [0.2, 0.25) is 0 Å². The van der Waals surface area contributed by atoms with Crippen molar-refractivity contribution in [1.29, 1.82) is 0 Å². The van der Waals surface area contributed by atoms with E-state index in [1.54, 1.807) is 12.4 Å². The van der Waals surface area contributed by atoms with Crippen molar-refractivity contribution in [3.8, 4) is 11.4 Å². The molecular formula is C12H16N4O. The lowest BCUT2D eigenvalue weighted by Gasteiger charge is -2.02. The predicted molar refractivity (Wildman–Crippen MR) is 64.4 cm³/mol. The molecule has 2 aromatic heterocycles. The van der Waals surface area contributed by atoms with Crippen LogP contribution in [0.15, 0.2) is 23.0 Å². The van der Waals surface area contributed by atoms with Crippen LogP contribution in [0, 0.1) is 6.92 Å². The number of aryl methyl sites for hydroxylation is 1. The first-order valence-corrected chi connectivity index (χ1v) is 5.67. The highest BCUT2D eigenvalue weighted by molar-refractivity contribution is 5.57. The van der Waals surface area contributed by atoms with Crippen molar-refractivity contribution >= 4 is 0 Å². The first kappa shape index (κ1) is 11.7. The van der Waals surface area contributed by atoms with Crippen LogP contribution < -0.4 is 5.73 Å². The van der Waals surface area contributed by atoms with Gasteiger partial charge in [0, 0.05) is 23.9 Å². The molecule has 5 heteroatoms. The second-order valence-corrected chi connectivity index (χ2v) is 4.13. The first-order chi connectivity index (χ1) is 8.22. The largest absolute Gasteiger partial charge is 0.339 e. The van der Waals surface area contributed by atoms with Crippen LogP contribution in [0.25, 0.3) is 11.4 Å². The number of nitrogens with two attached hydrogens (primary N) is 1. The molecule has 0 saturated heterocycles. The van der Waals surface area contributed by atoms with Crippen molar-refractivity contribution in [2.75, 3.05) is 6.54 Å². The van der Waals surface area contributed by atoms with Gasteiger partial charge in [0.25, 0.3) is 0 Å². The van der Waals surface area contributed by atoms with Gasteiger partial charge in [-0.05, 0) is 31.5 Å². The third kappa shape index (κ3) is 2.50. The van der Waals surface area contributed by atoms with Crippen molar-refractivity contribution < 1.29 is 4.52 Å². The fourth-order valence-corrected chi connectivity index (χ4v) is 1.64. The number of hydrogen-bond acceptors (Lipinski definition) is 5. The van der Waals surface area contributed by atoms with Crippen molar-refractivity contribution in [3.05, 3.63) is 29.9 Å². The SMILES string of the molecule is Cc1cnccc1-c1noc(C(C)CCN)n1. The first-order valence-electron chi connectivity index (χ1n) is 5.67. The maximum Gasteiger partial charge on any atom is 0.229 e. The molecule has 17 heavy (non-hydrogen) atoms. The lowest BCUT2D eigenvalue weighted by molar-refractivity contribution is 0.355. The van der Waals surface area contributed by atoms with E-state index in [9.17, 15) is 0 Å². The second kappa shape index (κ2) is 5.05. The Bertz CT molecular complexity index is 495. The molecule has 2 rings (SSSR count). The van der Waals surface area contributed by atoms with Gasteiger partial charge in [-0.3, -0.25) is 4.98 Å². The Hall–Kier alpha value is -1.75. The minimum Gasteiger partial charge on any atom is -0.339 e. The molecule has 90 valence electrons. The van der Waals surface area contributed by atoms with Crippen LogP contribution in [0.1, 0.15) is 30.7 Å². The van der Waals surface area contributed by atoms with E-state index >= 15 is 0 Å². The lowest BCUT2D eigenvalue weighted by atomic mass is 10.1. The molecule has 0 aliphatic heterocycles. The number of pyridine rings is 1. The Labute approximate surface area is 100 Å². The Morgan fingerprint density at radius 2 is 2.29 bits per heavy atom. The fourth-order valence-electron chi connectivity index (χ4n) is 1.64. The monoisotopic (exact) mass is 232 g/mol. The Morgan fingerprint density at radius 3 is 3.00 bits per heavy atom. The molecule has 0 aromatic carbocycles. The molecule has 0 amide bonds. The van der Waals surface area contributed by atoms with E-state index < -0.39 is 0 Å². The molecule has 5 nitrogen and oxygen atoms in total. The summed E-state index contributed by atoms with van der Waals surface area (Å²) in [5.41, 5.74) is 7.50. The molecule has 2 heterocycles. The van der Waals surface area contributed by atoms with Crippen molar-refractivity contribution in [3.63, 3.8) is 0 Å². The van der Waals surface area contributed by atoms with E-state index in [0.717, 1.165) is 17.5 Å². The number of hydrogen-bond donors (Lipinski definition) is 1. The van der Waals surface area contributed by atoms with E-state index in [1.807, 2.05) is 19.9 Å². The molecule has 0 aliphatic carbocycles. The minimum atomic E-state index is 0.198. The van der Waals surface area contributed by atoms with Crippen molar-refractivity contribution in [2.24, 2.45) is 5.73 Å². The summed E-state index contributed by atoms with van der Waals surface area (Å²) >= 11 is 0. The van der Waals surface area contributed by atoms with Crippen LogP contribution >= 0.6 is 0 Å². The summed E-state index contributed by atoms with van der Waals surface area (Å²) in [5, 5.41) is 4.00. The van der Waals surface area contributed by atoms with Gasteiger partial charge in [-0.1, -0.05) is 12.1 Å². The minimum absolute atomic E-state index is 0.198. The summed E-state index contributed by atoms with van der Waals surface area (Å²) in [6.07, 6.45) is 4.35. The standard InChI is InChI=1S/C12H16N4O/c1-8(3-5-13)12-15-11(16-17-12)10-4-6-14-7-9(10)2/h4,6-8H,3,5,13H2,1-2H3. The van der Waals surface area contributed by atoms with Crippen LogP contribution in [0.3, 0.4) is 0 Å². The van der Waals surface area contributed by atoms with Crippen LogP contribution in [-0.4, -0.2) is 21.7 Å². The van der Waals surface area contributed by atoms with E-state index in [0.29, 0.717) is 18.3 Å². The smallest absolute Gasteiger partial charge is 0.229 e. The quantitative estimate of drug-likeness (QED) is 0.870. The zero-order valence-corrected chi connectivity index (χ0v) is 10.1. The molecule has 0 aliphatic rings. The molecule has 0 fully saturated rings. The topological polar surface area (TPSA) is 77.8 Å². The summed E-state index contributed by atoms with van der Waals surface area (Å²) in [6, 6.07) is 1.89. The number of nitrogens with zero attached hydrogens (tertiary/aromatic N) is 3.